The Balaban J connectivity index is 3.12. The molecule has 1 amide bonds. The first-order valence-electron chi connectivity index (χ1n) is 4.89. The molecule has 0 aliphatic carbocycles. The normalized spacial score (nSPS) is 12.2. The number of amides is 1. The third-order valence-electron chi connectivity index (χ3n) is 2.25. The van der Waals surface area contributed by atoms with E-state index in [1.807, 2.05) is 0 Å². The molecule has 3 N–H and O–H groups in total. The van der Waals surface area contributed by atoms with Gasteiger partial charge in [0.2, 0.25) is 5.91 Å². The molecule has 0 saturated heterocycles. The van der Waals surface area contributed by atoms with E-state index in [0.717, 1.165) is 0 Å². The number of carbonyl (C=O) groups excluding carboxylic acids is 1. The van der Waals surface area contributed by atoms with E-state index in [9.17, 15) is 14.3 Å². The van der Waals surface area contributed by atoms with E-state index in [2.05, 4.69) is 0 Å². The number of hydrogen-bond acceptors (Lipinski definition) is 3. The quantitative estimate of drug-likeness (QED) is 0.798. The highest BCUT2D eigenvalue weighted by molar-refractivity contribution is 5.79. The van der Waals surface area contributed by atoms with Gasteiger partial charge in [-0.3, -0.25) is 4.79 Å². The van der Waals surface area contributed by atoms with E-state index >= 15 is 0 Å². The number of nitrogens with zero attached hydrogens (tertiary/aromatic N) is 1. The Hall–Kier alpha value is -1.62. The van der Waals surface area contributed by atoms with Crippen LogP contribution in [-0.4, -0.2) is 24.6 Å². The van der Waals surface area contributed by atoms with Crippen molar-refractivity contribution in [3.8, 4) is 0 Å². The molecule has 0 aromatic heterocycles. The fourth-order valence-corrected chi connectivity index (χ4v) is 1.59. The minimum atomic E-state index is -0.938. The molecule has 16 heavy (non-hydrogen) atoms. The van der Waals surface area contributed by atoms with Gasteiger partial charge in [0.1, 0.15) is 5.82 Å². The van der Waals surface area contributed by atoms with E-state index in [1.165, 1.54) is 24.0 Å². The summed E-state index contributed by atoms with van der Waals surface area (Å²) in [5.41, 5.74) is 5.70. The van der Waals surface area contributed by atoms with Gasteiger partial charge in [-0.05, 0) is 19.1 Å². The number of nitrogens with two attached hydrogens (primary N) is 1. The fraction of sp³-hybridized carbons (Fsp3) is 0.364. The van der Waals surface area contributed by atoms with Gasteiger partial charge in [-0.25, -0.2) is 4.39 Å². The van der Waals surface area contributed by atoms with Gasteiger partial charge < -0.3 is 15.7 Å². The van der Waals surface area contributed by atoms with Gasteiger partial charge in [0, 0.05) is 18.3 Å². The minimum Gasteiger partial charge on any atom is -0.389 e. The molecule has 88 valence electrons. The maximum atomic E-state index is 13.5. The van der Waals surface area contributed by atoms with Crippen LogP contribution < -0.4 is 10.6 Å². The lowest BCUT2D eigenvalue weighted by Crippen LogP contribution is -2.31. The van der Waals surface area contributed by atoms with E-state index < -0.39 is 17.8 Å². The molecule has 5 heteroatoms. The zero-order valence-corrected chi connectivity index (χ0v) is 9.27. The van der Waals surface area contributed by atoms with Gasteiger partial charge in [-0.15, -0.1) is 0 Å². The van der Waals surface area contributed by atoms with Crippen molar-refractivity contribution in [1.82, 2.24) is 0 Å². The number of halogens is 1. The molecule has 0 unspecified atom stereocenters. The first-order chi connectivity index (χ1) is 7.43. The predicted molar refractivity (Wildman–Crippen MR) is 59.5 cm³/mol. The van der Waals surface area contributed by atoms with Crippen molar-refractivity contribution in [3.63, 3.8) is 0 Å². The van der Waals surface area contributed by atoms with Crippen LogP contribution >= 0.6 is 0 Å². The van der Waals surface area contributed by atoms with Crippen molar-refractivity contribution >= 4 is 11.6 Å². The molecule has 1 aromatic rings. The van der Waals surface area contributed by atoms with Crippen LogP contribution in [0.5, 0.6) is 0 Å². The number of benzene rings is 1. The smallest absolute Gasteiger partial charge is 0.236 e. The third kappa shape index (κ3) is 2.70. The average Bonchev–Trinajstić information content (AvgIpc) is 2.15. The van der Waals surface area contributed by atoms with Crippen molar-refractivity contribution in [2.24, 2.45) is 5.73 Å². The zero-order chi connectivity index (χ0) is 12.3. The monoisotopic (exact) mass is 226 g/mol. The van der Waals surface area contributed by atoms with Crippen molar-refractivity contribution < 1.29 is 14.3 Å². The first-order valence-corrected chi connectivity index (χ1v) is 4.89. The van der Waals surface area contributed by atoms with Crippen molar-refractivity contribution in [3.05, 3.63) is 29.6 Å². The van der Waals surface area contributed by atoms with E-state index in [4.69, 9.17) is 5.73 Å². The molecule has 0 fully saturated rings. The Morgan fingerprint density at radius 3 is 2.75 bits per heavy atom. The maximum absolute atomic E-state index is 13.5. The Morgan fingerprint density at radius 1 is 1.62 bits per heavy atom. The summed E-state index contributed by atoms with van der Waals surface area (Å²) in [6.45, 7) is 1.45. The van der Waals surface area contributed by atoms with Crippen LogP contribution in [0, 0.1) is 5.82 Å². The highest BCUT2D eigenvalue weighted by Crippen LogP contribution is 2.27. The van der Waals surface area contributed by atoms with Crippen LogP contribution in [0.25, 0.3) is 0 Å². The molecule has 0 aliphatic heterocycles. The Kier molecular flexibility index (Phi) is 3.84. The average molecular weight is 226 g/mol. The molecule has 0 heterocycles. The van der Waals surface area contributed by atoms with Crippen LogP contribution in [0.1, 0.15) is 18.6 Å². The first kappa shape index (κ1) is 12.4. The molecule has 0 bridgehead atoms. The number of likely N-dealkylation sites (N-methyl/N-ethyl adjacent to an activating group) is 1. The van der Waals surface area contributed by atoms with Gasteiger partial charge in [0.15, 0.2) is 0 Å². The summed E-state index contributed by atoms with van der Waals surface area (Å²) in [7, 11) is 1.62. The van der Waals surface area contributed by atoms with Crippen molar-refractivity contribution in [2.45, 2.75) is 13.0 Å². The lowest BCUT2D eigenvalue weighted by molar-refractivity contribution is -0.116. The van der Waals surface area contributed by atoms with Crippen LogP contribution in [0.2, 0.25) is 0 Å². The Labute approximate surface area is 93.5 Å². The second-order valence-corrected chi connectivity index (χ2v) is 3.67. The van der Waals surface area contributed by atoms with Gasteiger partial charge in [-0.1, -0.05) is 6.07 Å². The summed E-state index contributed by atoms with van der Waals surface area (Å²) in [6.07, 6.45) is -0.938. The second kappa shape index (κ2) is 4.94. The minimum absolute atomic E-state index is 0.0246. The summed E-state index contributed by atoms with van der Waals surface area (Å²) in [6, 6.07) is 4.42. The summed E-state index contributed by atoms with van der Waals surface area (Å²) in [5.74, 6) is -1.01. The molecule has 0 saturated carbocycles. The SMILES string of the molecule is C[C@@H](O)c1c(F)cccc1N(C)CC(N)=O. The Morgan fingerprint density at radius 2 is 2.25 bits per heavy atom. The summed E-state index contributed by atoms with van der Waals surface area (Å²) < 4.78 is 13.5. The maximum Gasteiger partial charge on any atom is 0.236 e. The second-order valence-electron chi connectivity index (χ2n) is 3.67. The van der Waals surface area contributed by atoms with E-state index in [1.54, 1.807) is 13.1 Å². The third-order valence-corrected chi connectivity index (χ3v) is 2.25. The molecule has 0 spiro atoms. The lowest BCUT2D eigenvalue weighted by Gasteiger charge is -2.22. The summed E-state index contributed by atoms with van der Waals surface area (Å²) >= 11 is 0. The van der Waals surface area contributed by atoms with Crippen LogP contribution in [0.3, 0.4) is 0 Å². The van der Waals surface area contributed by atoms with Gasteiger partial charge in [0.25, 0.3) is 0 Å². The highest BCUT2D eigenvalue weighted by atomic mass is 19.1. The molecule has 1 aromatic carbocycles. The van der Waals surface area contributed by atoms with Crippen LogP contribution in [-0.2, 0) is 4.79 Å². The fourth-order valence-electron chi connectivity index (χ4n) is 1.59. The molecule has 0 aliphatic rings. The highest BCUT2D eigenvalue weighted by Gasteiger charge is 2.16. The van der Waals surface area contributed by atoms with Crippen LogP contribution in [0.4, 0.5) is 10.1 Å². The van der Waals surface area contributed by atoms with Gasteiger partial charge >= 0.3 is 0 Å². The number of aliphatic hydroxyl groups is 1. The van der Waals surface area contributed by atoms with Crippen molar-refractivity contribution in [2.75, 3.05) is 18.5 Å². The molecule has 0 radical (unpaired) electrons. The molecule has 1 rings (SSSR count). The number of primary amides is 1. The Bertz CT molecular complexity index is 394. The number of hydrogen-bond donors (Lipinski definition) is 2. The van der Waals surface area contributed by atoms with Gasteiger partial charge in [0.05, 0.1) is 12.6 Å². The number of anilines is 1. The molecule has 4 nitrogen and oxygen atoms in total. The largest absolute Gasteiger partial charge is 0.389 e. The predicted octanol–water partition coefficient (Wildman–Crippen LogP) is 0.800. The number of carbonyl (C=O) groups is 1. The van der Waals surface area contributed by atoms with Crippen LogP contribution in [0.15, 0.2) is 18.2 Å². The van der Waals surface area contributed by atoms with E-state index in [-0.39, 0.29) is 12.1 Å². The van der Waals surface area contributed by atoms with E-state index in [0.29, 0.717) is 5.69 Å². The van der Waals surface area contributed by atoms with Gasteiger partial charge in [-0.2, -0.15) is 0 Å². The van der Waals surface area contributed by atoms with Crippen molar-refractivity contribution in [1.29, 1.82) is 0 Å². The topological polar surface area (TPSA) is 66.6 Å². The zero-order valence-electron chi connectivity index (χ0n) is 9.27. The molecule has 1 atom stereocenters. The molecular weight excluding hydrogens is 211 g/mol. The number of rotatable bonds is 4. The number of aliphatic hydroxyl groups excluding tert-OH is 1. The standard InChI is InChI=1S/C11H15FN2O2/c1-7(15)11-8(12)4-3-5-9(11)14(2)6-10(13)16/h3-5,7,15H,6H2,1-2H3,(H2,13,16)/t7-/m1/s1. The summed E-state index contributed by atoms with van der Waals surface area (Å²) in [4.78, 5) is 12.3. The summed E-state index contributed by atoms with van der Waals surface area (Å²) in [5, 5.41) is 9.49. The molecular formula is C11H15FN2O2. The lowest BCUT2D eigenvalue weighted by atomic mass is 10.1.